The maximum absolute atomic E-state index is 12.0. The lowest BCUT2D eigenvalue weighted by molar-refractivity contribution is -0.118. The van der Waals surface area contributed by atoms with Crippen LogP contribution < -0.4 is 10.6 Å². The fourth-order valence-corrected chi connectivity index (χ4v) is 2.86. The number of ether oxygens (including phenoxy) is 1. The third-order valence-electron chi connectivity index (χ3n) is 3.85. The third-order valence-corrected chi connectivity index (χ3v) is 3.85. The van der Waals surface area contributed by atoms with Crippen molar-refractivity contribution in [3.63, 3.8) is 0 Å². The van der Waals surface area contributed by atoms with Gasteiger partial charge in [-0.05, 0) is 43.0 Å². The largest absolute Gasteiger partial charge is 0.378 e. The van der Waals surface area contributed by atoms with Gasteiger partial charge < -0.3 is 15.4 Å². The number of hydrogen-bond acceptors (Lipinski definition) is 3. The molecule has 0 spiro atoms. The first kappa shape index (κ1) is 12.6. The predicted octanol–water partition coefficient (Wildman–Crippen LogP) is 1.84. The monoisotopic (exact) mass is 260 g/mol. The zero-order valence-electron chi connectivity index (χ0n) is 11.1. The molecule has 1 unspecified atom stereocenters. The van der Waals surface area contributed by atoms with Gasteiger partial charge in [0.1, 0.15) is 0 Å². The van der Waals surface area contributed by atoms with Crippen LogP contribution >= 0.6 is 0 Å². The Kier molecular flexibility index (Phi) is 3.80. The van der Waals surface area contributed by atoms with Crippen molar-refractivity contribution in [1.29, 1.82) is 0 Å². The first-order valence-electron chi connectivity index (χ1n) is 7.06. The number of amides is 1. The minimum atomic E-state index is 0.0684. The smallest absolute Gasteiger partial charge is 0.226 e. The quantitative estimate of drug-likeness (QED) is 0.872. The summed E-state index contributed by atoms with van der Waals surface area (Å²) in [6.07, 6.45) is 3.64. The summed E-state index contributed by atoms with van der Waals surface area (Å²) in [5.41, 5.74) is 3.55. The maximum atomic E-state index is 12.0. The number of benzene rings is 1. The molecule has 0 radical (unpaired) electrons. The molecule has 4 heteroatoms. The molecule has 19 heavy (non-hydrogen) atoms. The van der Waals surface area contributed by atoms with Crippen molar-refractivity contribution in [3.05, 3.63) is 29.3 Å². The molecule has 2 heterocycles. The topological polar surface area (TPSA) is 50.4 Å². The molecule has 4 nitrogen and oxygen atoms in total. The zero-order chi connectivity index (χ0) is 13.1. The Labute approximate surface area is 113 Å². The Morgan fingerprint density at radius 2 is 2.42 bits per heavy atom. The van der Waals surface area contributed by atoms with Crippen LogP contribution in [0.4, 0.5) is 5.69 Å². The van der Waals surface area contributed by atoms with E-state index in [1.165, 1.54) is 11.1 Å². The van der Waals surface area contributed by atoms with Crippen molar-refractivity contribution in [2.24, 2.45) is 0 Å². The fourth-order valence-electron chi connectivity index (χ4n) is 2.86. The van der Waals surface area contributed by atoms with E-state index >= 15 is 0 Å². The molecule has 1 saturated heterocycles. The Morgan fingerprint density at radius 1 is 1.47 bits per heavy atom. The molecule has 1 aromatic rings. The van der Waals surface area contributed by atoms with E-state index in [4.69, 9.17) is 4.74 Å². The van der Waals surface area contributed by atoms with Crippen LogP contribution in [0.2, 0.25) is 0 Å². The van der Waals surface area contributed by atoms with E-state index < -0.39 is 0 Å². The highest BCUT2D eigenvalue weighted by atomic mass is 16.5. The van der Waals surface area contributed by atoms with E-state index in [0.29, 0.717) is 6.42 Å². The van der Waals surface area contributed by atoms with E-state index in [1.807, 2.05) is 12.1 Å². The highest BCUT2D eigenvalue weighted by molar-refractivity contribution is 5.92. The van der Waals surface area contributed by atoms with Crippen LogP contribution in [0, 0.1) is 0 Å². The first-order valence-corrected chi connectivity index (χ1v) is 7.06. The van der Waals surface area contributed by atoms with E-state index in [9.17, 15) is 4.79 Å². The number of rotatable bonds is 3. The summed E-state index contributed by atoms with van der Waals surface area (Å²) in [6.45, 7) is 2.67. The molecule has 0 aliphatic carbocycles. The van der Waals surface area contributed by atoms with E-state index in [0.717, 1.165) is 44.6 Å². The van der Waals surface area contributed by atoms with E-state index in [2.05, 4.69) is 16.7 Å². The van der Waals surface area contributed by atoms with Crippen LogP contribution in [0.5, 0.6) is 0 Å². The molecule has 1 aromatic carbocycles. The fraction of sp³-hybridized carbons (Fsp3) is 0.533. The Hall–Kier alpha value is -1.39. The summed E-state index contributed by atoms with van der Waals surface area (Å²) < 4.78 is 5.50. The standard InChI is InChI=1S/C15H20N2O2/c18-15(9-12-4-2-8-19-12)17-14-5-1-3-11-10-16-7-6-13(11)14/h1,3,5,12,16H,2,4,6-10H2,(H,17,18). The highest BCUT2D eigenvalue weighted by Gasteiger charge is 2.20. The summed E-state index contributed by atoms with van der Waals surface area (Å²) in [7, 11) is 0. The average Bonchev–Trinajstić information content (AvgIpc) is 2.92. The molecule has 1 amide bonds. The van der Waals surface area contributed by atoms with Crippen LogP contribution in [-0.2, 0) is 22.5 Å². The van der Waals surface area contributed by atoms with Crippen molar-refractivity contribution in [2.75, 3.05) is 18.5 Å². The maximum Gasteiger partial charge on any atom is 0.226 e. The van der Waals surface area contributed by atoms with Gasteiger partial charge in [0.25, 0.3) is 0 Å². The second-order valence-corrected chi connectivity index (χ2v) is 5.26. The van der Waals surface area contributed by atoms with E-state index in [1.54, 1.807) is 0 Å². The lowest BCUT2D eigenvalue weighted by Crippen LogP contribution is -2.26. The van der Waals surface area contributed by atoms with Crippen LogP contribution in [0.15, 0.2) is 18.2 Å². The predicted molar refractivity (Wildman–Crippen MR) is 74.1 cm³/mol. The Morgan fingerprint density at radius 3 is 3.26 bits per heavy atom. The van der Waals surface area contributed by atoms with Gasteiger partial charge >= 0.3 is 0 Å². The molecule has 1 atom stereocenters. The van der Waals surface area contributed by atoms with Gasteiger partial charge in [-0.1, -0.05) is 12.1 Å². The van der Waals surface area contributed by atoms with Gasteiger partial charge in [0.05, 0.1) is 12.5 Å². The van der Waals surface area contributed by atoms with Crippen molar-refractivity contribution in [3.8, 4) is 0 Å². The second kappa shape index (κ2) is 5.72. The van der Waals surface area contributed by atoms with Crippen molar-refractivity contribution in [1.82, 2.24) is 5.32 Å². The normalized spacial score (nSPS) is 22.0. The molecule has 1 fully saturated rings. The SMILES string of the molecule is O=C(CC1CCCO1)Nc1cccc2c1CCNC2. The van der Waals surface area contributed by atoms with Gasteiger partial charge in [0, 0.05) is 18.8 Å². The summed E-state index contributed by atoms with van der Waals surface area (Å²) in [5.74, 6) is 0.0684. The summed E-state index contributed by atoms with van der Waals surface area (Å²) in [4.78, 5) is 12.0. The molecule has 0 saturated carbocycles. The van der Waals surface area contributed by atoms with Gasteiger partial charge in [-0.2, -0.15) is 0 Å². The lowest BCUT2D eigenvalue weighted by atomic mass is 9.99. The highest BCUT2D eigenvalue weighted by Crippen LogP contribution is 2.24. The van der Waals surface area contributed by atoms with Crippen LogP contribution in [0.1, 0.15) is 30.4 Å². The van der Waals surface area contributed by atoms with E-state index in [-0.39, 0.29) is 12.0 Å². The van der Waals surface area contributed by atoms with Crippen molar-refractivity contribution in [2.45, 2.75) is 38.3 Å². The number of nitrogens with one attached hydrogen (secondary N) is 2. The minimum Gasteiger partial charge on any atom is -0.378 e. The van der Waals surface area contributed by atoms with Gasteiger partial charge in [-0.15, -0.1) is 0 Å². The molecule has 0 aromatic heterocycles. The Balaban J connectivity index is 1.67. The third kappa shape index (κ3) is 2.96. The van der Waals surface area contributed by atoms with Crippen LogP contribution in [0.3, 0.4) is 0 Å². The number of hydrogen-bond donors (Lipinski definition) is 2. The molecule has 2 aliphatic heterocycles. The molecular weight excluding hydrogens is 240 g/mol. The molecular formula is C15H20N2O2. The number of carbonyl (C=O) groups is 1. The first-order chi connectivity index (χ1) is 9.33. The van der Waals surface area contributed by atoms with Gasteiger partial charge in [-0.3, -0.25) is 4.79 Å². The van der Waals surface area contributed by atoms with Gasteiger partial charge in [0.15, 0.2) is 0 Å². The number of anilines is 1. The van der Waals surface area contributed by atoms with Crippen molar-refractivity contribution < 1.29 is 9.53 Å². The second-order valence-electron chi connectivity index (χ2n) is 5.26. The minimum absolute atomic E-state index is 0.0684. The summed E-state index contributed by atoms with van der Waals surface area (Å²) in [5, 5.41) is 6.40. The Bertz CT molecular complexity index is 467. The summed E-state index contributed by atoms with van der Waals surface area (Å²) in [6, 6.07) is 6.13. The molecule has 2 aliphatic rings. The average molecular weight is 260 g/mol. The molecule has 3 rings (SSSR count). The lowest BCUT2D eigenvalue weighted by Gasteiger charge is -2.21. The molecule has 0 bridgehead atoms. The zero-order valence-corrected chi connectivity index (χ0v) is 11.1. The van der Waals surface area contributed by atoms with Crippen LogP contribution in [0.25, 0.3) is 0 Å². The van der Waals surface area contributed by atoms with Crippen LogP contribution in [-0.4, -0.2) is 25.2 Å². The number of carbonyl (C=O) groups excluding carboxylic acids is 1. The van der Waals surface area contributed by atoms with Gasteiger partial charge in [-0.25, -0.2) is 0 Å². The molecule has 102 valence electrons. The summed E-state index contributed by atoms with van der Waals surface area (Å²) >= 11 is 0. The molecule has 2 N–H and O–H groups in total. The number of fused-ring (bicyclic) bond motifs is 1. The van der Waals surface area contributed by atoms with Gasteiger partial charge in [0.2, 0.25) is 5.91 Å². The van der Waals surface area contributed by atoms with Crippen molar-refractivity contribution >= 4 is 11.6 Å².